The molecule has 0 N–H and O–H groups in total. The van der Waals surface area contributed by atoms with Gasteiger partial charge in [-0.05, 0) is 35.1 Å². The molecule has 15 heavy (non-hydrogen) atoms. The zero-order valence-electron chi connectivity index (χ0n) is 9.87. The highest BCUT2D eigenvalue weighted by Gasteiger charge is 2.19. The van der Waals surface area contributed by atoms with E-state index in [0.29, 0.717) is 0 Å². The minimum absolute atomic E-state index is 0.00692. The first-order chi connectivity index (χ1) is 6.96. The lowest BCUT2D eigenvalue weighted by atomic mass is 9.80. The van der Waals surface area contributed by atoms with E-state index in [9.17, 15) is 4.79 Å². The van der Waals surface area contributed by atoms with Crippen molar-refractivity contribution in [2.24, 2.45) is 5.41 Å². The van der Waals surface area contributed by atoms with Gasteiger partial charge in [-0.25, -0.2) is 0 Å². The third-order valence-electron chi connectivity index (χ3n) is 2.48. The number of aryl methyl sites for hydroxylation is 1. The van der Waals surface area contributed by atoms with Crippen molar-refractivity contribution in [2.75, 3.05) is 0 Å². The number of allylic oxidation sites excluding steroid dienone is 2. The first-order valence-corrected chi connectivity index (χ1v) is 5.19. The third kappa shape index (κ3) is 2.79. The van der Waals surface area contributed by atoms with Crippen molar-refractivity contribution in [2.45, 2.75) is 27.7 Å². The molecule has 1 rings (SSSR count). The minimum atomic E-state index is -0.00692. The molecule has 0 aliphatic rings. The molecule has 0 unspecified atom stereocenters. The third-order valence-corrected chi connectivity index (χ3v) is 2.48. The van der Waals surface area contributed by atoms with Gasteiger partial charge in [0.15, 0.2) is 0 Å². The van der Waals surface area contributed by atoms with E-state index < -0.39 is 0 Å². The Kier molecular flexibility index (Phi) is 3.46. The Morgan fingerprint density at radius 2 is 1.80 bits per heavy atom. The van der Waals surface area contributed by atoms with Gasteiger partial charge in [0.05, 0.1) is 0 Å². The van der Waals surface area contributed by atoms with Gasteiger partial charge >= 0.3 is 0 Å². The molecule has 0 heterocycles. The summed E-state index contributed by atoms with van der Waals surface area (Å²) in [5.74, 6) is 0. The quantitative estimate of drug-likeness (QED) is 0.528. The number of carbonyl (C=O) groups excluding carboxylic acids is 1. The molecule has 0 saturated carbocycles. The lowest BCUT2D eigenvalue weighted by Crippen LogP contribution is -2.09. The van der Waals surface area contributed by atoms with Crippen molar-refractivity contribution in [3.05, 3.63) is 41.5 Å². The van der Waals surface area contributed by atoms with E-state index >= 15 is 0 Å². The Labute approximate surface area is 91.8 Å². The molecule has 0 atom stereocenters. The van der Waals surface area contributed by atoms with Crippen molar-refractivity contribution < 1.29 is 4.79 Å². The van der Waals surface area contributed by atoms with Gasteiger partial charge in [0.1, 0.15) is 6.29 Å². The first kappa shape index (κ1) is 11.7. The van der Waals surface area contributed by atoms with Gasteiger partial charge in [0, 0.05) is 0 Å². The predicted octanol–water partition coefficient (Wildman–Crippen LogP) is 3.62. The fourth-order valence-electron chi connectivity index (χ4n) is 1.69. The minimum Gasteiger partial charge on any atom is -0.299 e. The number of hydrogen-bond acceptors (Lipinski definition) is 1. The fourth-order valence-corrected chi connectivity index (χ4v) is 1.69. The van der Waals surface area contributed by atoms with Crippen LogP contribution in [-0.2, 0) is 4.79 Å². The topological polar surface area (TPSA) is 17.1 Å². The van der Waals surface area contributed by atoms with Crippen LogP contribution in [0.15, 0.2) is 30.3 Å². The lowest BCUT2D eigenvalue weighted by molar-refractivity contribution is -0.104. The average Bonchev–Trinajstić information content (AvgIpc) is 2.14. The largest absolute Gasteiger partial charge is 0.299 e. The molecule has 0 saturated heterocycles. The molecule has 0 bridgehead atoms. The van der Waals surface area contributed by atoms with Crippen molar-refractivity contribution in [3.63, 3.8) is 0 Å². The van der Waals surface area contributed by atoms with Crippen molar-refractivity contribution in [1.82, 2.24) is 0 Å². The van der Waals surface area contributed by atoms with Gasteiger partial charge in [-0.15, -0.1) is 0 Å². The standard InChI is InChI=1S/C14H18O/c1-11-7-5-6-8-12(11)13(9-10-15)14(2,3)4/h5-10H,1-4H3/b13-9+. The highest BCUT2D eigenvalue weighted by Crippen LogP contribution is 2.34. The summed E-state index contributed by atoms with van der Waals surface area (Å²) >= 11 is 0. The van der Waals surface area contributed by atoms with Crippen molar-refractivity contribution in [3.8, 4) is 0 Å². The summed E-state index contributed by atoms with van der Waals surface area (Å²) in [5.41, 5.74) is 3.46. The van der Waals surface area contributed by atoms with E-state index in [1.54, 1.807) is 6.08 Å². The maximum absolute atomic E-state index is 10.7. The van der Waals surface area contributed by atoms with E-state index in [-0.39, 0.29) is 5.41 Å². The number of hydrogen-bond donors (Lipinski definition) is 0. The number of aldehydes is 1. The van der Waals surface area contributed by atoms with Crippen LogP contribution in [0.1, 0.15) is 31.9 Å². The van der Waals surface area contributed by atoms with Crippen LogP contribution >= 0.6 is 0 Å². The Morgan fingerprint density at radius 1 is 1.20 bits per heavy atom. The molecule has 0 radical (unpaired) electrons. The van der Waals surface area contributed by atoms with Crippen LogP contribution in [0.2, 0.25) is 0 Å². The Hall–Kier alpha value is -1.37. The van der Waals surface area contributed by atoms with E-state index in [1.165, 1.54) is 5.56 Å². The summed E-state index contributed by atoms with van der Waals surface area (Å²) in [6.45, 7) is 8.43. The Bertz CT molecular complexity index is 381. The van der Waals surface area contributed by atoms with Crippen molar-refractivity contribution in [1.29, 1.82) is 0 Å². The smallest absolute Gasteiger partial charge is 0.143 e. The molecule has 0 aliphatic carbocycles. The molecule has 0 aliphatic heterocycles. The molecule has 1 nitrogen and oxygen atoms in total. The highest BCUT2D eigenvalue weighted by atomic mass is 16.1. The summed E-state index contributed by atoms with van der Waals surface area (Å²) in [7, 11) is 0. The van der Waals surface area contributed by atoms with Gasteiger partial charge in [0.2, 0.25) is 0 Å². The lowest BCUT2D eigenvalue weighted by Gasteiger charge is -2.24. The Morgan fingerprint density at radius 3 is 2.27 bits per heavy atom. The van der Waals surface area contributed by atoms with Crippen LogP contribution < -0.4 is 0 Å². The second kappa shape index (κ2) is 4.43. The van der Waals surface area contributed by atoms with Gasteiger partial charge < -0.3 is 0 Å². The van der Waals surface area contributed by atoms with Crippen LogP contribution in [0.5, 0.6) is 0 Å². The SMILES string of the molecule is Cc1ccccc1/C(=C\C=O)C(C)(C)C. The molecule has 1 aromatic carbocycles. The van der Waals surface area contributed by atoms with E-state index in [2.05, 4.69) is 39.8 Å². The molecule has 1 heteroatoms. The second-order valence-corrected chi connectivity index (χ2v) is 4.78. The van der Waals surface area contributed by atoms with E-state index in [0.717, 1.165) is 17.4 Å². The zero-order valence-corrected chi connectivity index (χ0v) is 9.87. The molecular formula is C14H18O. The second-order valence-electron chi connectivity index (χ2n) is 4.78. The molecular weight excluding hydrogens is 184 g/mol. The molecule has 0 fully saturated rings. The maximum Gasteiger partial charge on any atom is 0.143 e. The van der Waals surface area contributed by atoms with Crippen LogP contribution in [-0.4, -0.2) is 6.29 Å². The summed E-state index contributed by atoms with van der Waals surface area (Å²) in [4.78, 5) is 10.7. The normalized spacial score (nSPS) is 12.7. The van der Waals surface area contributed by atoms with E-state index in [4.69, 9.17) is 0 Å². The zero-order chi connectivity index (χ0) is 11.5. The maximum atomic E-state index is 10.7. The van der Waals surface area contributed by atoms with Gasteiger partial charge in [0.25, 0.3) is 0 Å². The summed E-state index contributed by atoms with van der Waals surface area (Å²) in [5, 5.41) is 0. The van der Waals surface area contributed by atoms with Crippen LogP contribution in [0, 0.1) is 12.3 Å². The molecule has 0 aromatic heterocycles. The van der Waals surface area contributed by atoms with Crippen LogP contribution in [0.3, 0.4) is 0 Å². The van der Waals surface area contributed by atoms with Gasteiger partial charge in [-0.1, -0.05) is 45.0 Å². The van der Waals surface area contributed by atoms with Crippen LogP contribution in [0.4, 0.5) is 0 Å². The summed E-state index contributed by atoms with van der Waals surface area (Å²) in [6.07, 6.45) is 2.54. The number of carbonyl (C=O) groups is 1. The van der Waals surface area contributed by atoms with Crippen molar-refractivity contribution >= 4 is 11.9 Å². The fraction of sp³-hybridized carbons (Fsp3) is 0.357. The summed E-state index contributed by atoms with van der Waals surface area (Å²) in [6, 6.07) is 8.16. The highest BCUT2D eigenvalue weighted by molar-refractivity contribution is 5.84. The average molecular weight is 202 g/mol. The van der Waals surface area contributed by atoms with Crippen LogP contribution in [0.25, 0.3) is 5.57 Å². The molecule has 0 amide bonds. The number of benzene rings is 1. The monoisotopic (exact) mass is 202 g/mol. The van der Waals surface area contributed by atoms with Gasteiger partial charge in [-0.3, -0.25) is 4.79 Å². The summed E-state index contributed by atoms with van der Waals surface area (Å²) < 4.78 is 0. The Balaban J connectivity index is 3.29. The van der Waals surface area contributed by atoms with Gasteiger partial charge in [-0.2, -0.15) is 0 Å². The molecule has 1 aromatic rings. The predicted molar refractivity (Wildman–Crippen MR) is 64.7 cm³/mol. The van der Waals surface area contributed by atoms with E-state index in [1.807, 2.05) is 12.1 Å². The molecule has 0 spiro atoms. The number of rotatable bonds is 2. The molecule has 80 valence electrons. The first-order valence-electron chi connectivity index (χ1n) is 5.19.